The lowest BCUT2D eigenvalue weighted by Crippen LogP contribution is -2.75. The molecular weight excluding hydrogens is 775 g/mol. The molecule has 0 aliphatic carbocycles. The molecule has 1 unspecified atom stereocenters. The largest absolute Gasteiger partial charge is 0.460 e. The summed E-state index contributed by atoms with van der Waals surface area (Å²) < 4.78 is 362. The molecule has 0 saturated heterocycles. The minimum Gasteiger partial charge on any atom is -0.282 e. The molecule has 6 nitrogen and oxygen atoms in total. The van der Waals surface area contributed by atoms with Crippen molar-refractivity contribution in [2.45, 2.75) is 52.1 Å². The van der Waals surface area contributed by atoms with Crippen LogP contribution in [0.25, 0.3) is 0 Å². The highest BCUT2D eigenvalue weighted by Crippen LogP contribution is 2.64. The van der Waals surface area contributed by atoms with Crippen molar-refractivity contribution in [2.24, 2.45) is 0 Å². The summed E-state index contributed by atoms with van der Waals surface area (Å²) >= 11 is 0. The highest BCUT2D eigenvalue weighted by Gasteiger charge is 2.96. The molecule has 1 rings (SSSR count). The van der Waals surface area contributed by atoms with Crippen LogP contribution in [0.1, 0.15) is 5.56 Å². The number of alkyl halides is 18. The van der Waals surface area contributed by atoms with Crippen molar-refractivity contribution < 1.29 is 122 Å². The van der Waals surface area contributed by atoms with Crippen LogP contribution < -0.4 is 4.72 Å². The van der Waals surface area contributed by atoms with Gasteiger partial charge in [0.25, 0.3) is 10.0 Å². The van der Waals surface area contributed by atoms with Crippen molar-refractivity contribution in [3.05, 3.63) is 34.6 Å². The fourth-order valence-corrected chi connectivity index (χ4v) is 4.90. The quantitative estimate of drug-likeness (QED) is 0.0913. The third kappa shape index (κ3) is 5.17. The lowest BCUT2D eigenvalue weighted by atomic mass is 9.91. The van der Waals surface area contributed by atoms with E-state index in [9.17, 15) is 118 Å². The van der Waals surface area contributed by atoms with Gasteiger partial charge in [0.15, 0.2) is 23.3 Å². The van der Waals surface area contributed by atoms with E-state index in [0.29, 0.717) is 0 Å². The van der Waals surface area contributed by atoms with Crippen LogP contribution in [0.15, 0.2) is 0 Å². The Balaban J connectivity index is 4.07. The normalized spacial score (nSPS) is 16.9. The van der Waals surface area contributed by atoms with Gasteiger partial charge in [-0.05, 0) is 0 Å². The summed E-state index contributed by atoms with van der Waals surface area (Å²) in [5, 5.41) is -15.7. The first-order valence-corrected chi connectivity index (χ1v) is 12.5. The average molecular weight is 777 g/mol. The fraction of sp³-hybridized carbons (Fsp3) is 0.600. The zero-order valence-electron chi connectivity index (χ0n) is 19.6. The Morgan fingerprint density at radius 3 is 0.978 bits per heavy atom. The number of hydrogen-bond donors (Lipinski definition) is 2. The summed E-state index contributed by atoms with van der Waals surface area (Å²) in [4.78, 5) is 0. The Bertz CT molecular complexity index is 1570. The lowest BCUT2D eigenvalue weighted by molar-refractivity contribution is -0.458. The number of hydrogen-bond acceptors (Lipinski definition) is 4. The second-order valence-electron chi connectivity index (χ2n) is 8.08. The SMILES string of the molecule is O=S(=O)(O)C(F)(NS(=O)(=O)C(F)(F)C(F)(F)C(F)(F)C(F)(F)C(F)(F)C(F)(F)C(F)(F)C(F)(F)F)c1c(F)c(F)c(F)c(F)c1F. The van der Waals surface area contributed by atoms with Gasteiger partial charge in [0, 0.05) is 0 Å². The predicted octanol–water partition coefficient (Wildman–Crippen LogP) is 6.24. The molecule has 0 spiro atoms. The highest BCUT2D eigenvalue weighted by molar-refractivity contribution is 7.92. The molecule has 1 aromatic rings. The lowest BCUT2D eigenvalue weighted by Gasteiger charge is -2.42. The summed E-state index contributed by atoms with van der Waals surface area (Å²) in [6, 6.07) is 0. The molecular formula is C15H2F23NO5S2. The van der Waals surface area contributed by atoms with E-state index in [2.05, 4.69) is 0 Å². The van der Waals surface area contributed by atoms with Gasteiger partial charge < -0.3 is 0 Å². The van der Waals surface area contributed by atoms with Crippen LogP contribution in [0, 0.1) is 29.1 Å². The van der Waals surface area contributed by atoms with Gasteiger partial charge in [0.05, 0.1) is 0 Å². The molecule has 31 heteroatoms. The second-order valence-corrected chi connectivity index (χ2v) is 11.3. The third-order valence-corrected chi connectivity index (χ3v) is 7.81. The summed E-state index contributed by atoms with van der Waals surface area (Å²) in [6.07, 6.45) is -8.16. The van der Waals surface area contributed by atoms with E-state index in [4.69, 9.17) is 4.55 Å². The molecule has 0 amide bonds. The second kappa shape index (κ2) is 10.7. The van der Waals surface area contributed by atoms with Gasteiger partial charge in [-0.25, -0.2) is 30.4 Å². The first-order valence-electron chi connectivity index (χ1n) is 9.56. The topological polar surface area (TPSA) is 101 Å². The Morgan fingerprint density at radius 1 is 0.435 bits per heavy atom. The summed E-state index contributed by atoms with van der Waals surface area (Å²) in [6.45, 7) is 0. The number of sulfonamides is 1. The van der Waals surface area contributed by atoms with Crippen LogP contribution in [0.2, 0.25) is 0 Å². The zero-order valence-corrected chi connectivity index (χ0v) is 21.2. The summed E-state index contributed by atoms with van der Waals surface area (Å²) in [5.41, 5.74) is -4.05. The maximum atomic E-state index is 15.0. The maximum Gasteiger partial charge on any atom is 0.460 e. The number of nitrogens with one attached hydrogen (secondary N) is 1. The van der Waals surface area contributed by atoms with Gasteiger partial charge >= 0.3 is 62.2 Å². The highest BCUT2D eigenvalue weighted by atomic mass is 32.2. The number of benzene rings is 1. The van der Waals surface area contributed by atoms with E-state index in [1.807, 2.05) is 0 Å². The Labute approximate surface area is 234 Å². The van der Waals surface area contributed by atoms with Crippen LogP contribution >= 0.6 is 0 Å². The Morgan fingerprint density at radius 2 is 0.696 bits per heavy atom. The minimum absolute atomic E-state index is 1.42. The van der Waals surface area contributed by atoms with E-state index >= 15 is 0 Å². The number of rotatable bonds is 11. The fourth-order valence-electron chi connectivity index (χ4n) is 2.67. The van der Waals surface area contributed by atoms with E-state index in [-0.39, 0.29) is 0 Å². The molecule has 0 saturated carbocycles. The standard InChI is InChI=1S/C15H2F23NO5S2/c16-2-1(3(17)5(19)6(20)4(2)18)7(21,46(42,43)44)39-45(40,41)15(37,38)13(32,33)11(28,29)9(24,25)8(22,23)10(26,27)12(30,31)14(34,35)36/h39H,(H,42,43,44). The van der Waals surface area contributed by atoms with Crippen LogP contribution in [0.3, 0.4) is 0 Å². The van der Waals surface area contributed by atoms with E-state index in [0.717, 1.165) is 0 Å². The minimum atomic E-state index is -9.42. The van der Waals surface area contributed by atoms with E-state index in [1.54, 1.807) is 0 Å². The van der Waals surface area contributed by atoms with Gasteiger partial charge in [-0.3, -0.25) is 4.55 Å². The molecule has 1 atom stereocenters. The Kier molecular flexibility index (Phi) is 9.66. The first-order chi connectivity index (χ1) is 19.6. The van der Waals surface area contributed by atoms with Gasteiger partial charge in [-0.2, -0.15) is 92.2 Å². The van der Waals surface area contributed by atoms with Gasteiger partial charge in [-0.15, -0.1) is 0 Å². The molecule has 0 fully saturated rings. The van der Waals surface area contributed by atoms with Crippen LogP contribution in [-0.4, -0.2) is 68.4 Å². The number of halogens is 23. The van der Waals surface area contributed by atoms with E-state index in [1.165, 1.54) is 0 Å². The summed E-state index contributed by atoms with van der Waals surface area (Å²) in [7, 11) is -17.0. The van der Waals surface area contributed by atoms with Gasteiger partial charge in [0.2, 0.25) is 5.82 Å². The Hall–Kier alpha value is -2.57. The molecule has 1 aromatic carbocycles. The average Bonchev–Trinajstić information content (AvgIpc) is 2.83. The van der Waals surface area contributed by atoms with Crippen molar-refractivity contribution in [1.29, 1.82) is 0 Å². The molecule has 270 valence electrons. The van der Waals surface area contributed by atoms with E-state index < -0.39 is 112 Å². The van der Waals surface area contributed by atoms with Crippen LogP contribution in [0.5, 0.6) is 0 Å². The molecule has 0 aliphatic rings. The molecule has 0 aromatic heterocycles. The maximum absolute atomic E-state index is 15.0. The van der Waals surface area contributed by atoms with Crippen molar-refractivity contribution in [3.8, 4) is 0 Å². The summed E-state index contributed by atoms with van der Waals surface area (Å²) in [5.74, 6) is -73.7. The molecule has 2 N–H and O–H groups in total. The molecule has 46 heavy (non-hydrogen) atoms. The zero-order chi connectivity index (χ0) is 37.7. The van der Waals surface area contributed by atoms with Crippen LogP contribution in [-0.2, 0) is 25.3 Å². The monoisotopic (exact) mass is 777 g/mol. The molecule has 0 bridgehead atoms. The van der Waals surface area contributed by atoms with Crippen LogP contribution in [0.4, 0.5) is 101 Å². The van der Waals surface area contributed by atoms with Gasteiger partial charge in [-0.1, -0.05) is 0 Å². The molecule has 0 aliphatic heterocycles. The molecule has 0 radical (unpaired) electrons. The van der Waals surface area contributed by atoms with Crippen molar-refractivity contribution in [2.75, 3.05) is 0 Å². The van der Waals surface area contributed by atoms with Crippen molar-refractivity contribution >= 4 is 20.1 Å². The smallest absolute Gasteiger partial charge is 0.282 e. The van der Waals surface area contributed by atoms with Gasteiger partial charge in [0.1, 0.15) is 5.56 Å². The van der Waals surface area contributed by atoms with Crippen molar-refractivity contribution in [1.82, 2.24) is 4.72 Å². The molecule has 0 heterocycles. The third-order valence-electron chi connectivity index (χ3n) is 5.18. The first kappa shape index (κ1) is 41.5. The predicted molar refractivity (Wildman–Crippen MR) is 93.3 cm³/mol. The van der Waals surface area contributed by atoms with Crippen molar-refractivity contribution in [3.63, 3.8) is 0 Å².